The molecule has 5 heteroatoms. The van der Waals surface area contributed by atoms with Crippen molar-refractivity contribution in [1.82, 2.24) is 10.2 Å². The molecule has 1 aliphatic rings. The monoisotopic (exact) mass is 279 g/mol. The van der Waals surface area contributed by atoms with Crippen molar-refractivity contribution in [3.63, 3.8) is 0 Å². The maximum absolute atomic E-state index is 12.1. The third kappa shape index (κ3) is 4.08. The van der Waals surface area contributed by atoms with Crippen LogP contribution in [0.1, 0.15) is 31.9 Å². The van der Waals surface area contributed by atoms with E-state index in [2.05, 4.69) is 10.2 Å². The molecule has 1 amide bonds. The van der Waals surface area contributed by atoms with Gasteiger partial charge in [-0.1, -0.05) is 0 Å². The van der Waals surface area contributed by atoms with Crippen LogP contribution >= 0.6 is 0 Å². The highest BCUT2D eigenvalue weighted by Gasteiger charge is 2.26. The number of hydrogen-bond donors (Lipinski definition) is 2. The number of nitrogens with two attached hydrogens (primary N) is 1. The van der Waals surface area contributed by atoms with Gasteiger partial charge < -0.3 is 15.5 Å². The lowest BCUT2D eigenvalue weighted by Gasteiger charge is -2.35. The molecular formula is C15H25N3O2. The number of nitrogens with one attached hydrogen (secondary N) is 1. The molecule has 112 valence electrons. The van der Waals surface area contributed by atoms with E-state index >= 15 is 0 Å². The van der Waals surface area contributed by atoms with Crippen molar-refractivity contribution in [2.24, 2.45) is 11.7 Å². The Morgan fingerprint density at radius 1 is 1.55 bits per heavy atom. The van der Waals surface area contributed by atoms with E-state index in [-0.39, 0.29) is 11.9 Å². The van der Waals surface area contributed by atoms with Crippen LogP contribution in [-0.4, -0.2) is 36.5 Å². The summed E-state index contributed by atoms with van der Waals surface area (Å²) in [6, 6.07) is 3.61. The van der Waals surface area contributed by atoms with Gasteiger partial charge in [0.05, 0.1) is 18.8 Å². The molecule has 1 fully saturated rings. The van der Waals surface area contributed by atoms with Crippen molar-refractivity contribution in [2.45, 2.75) is 38.8 Å². The van der Waals surface area contributed by atoms with Crippen molar-refractivity contribution in [2.75, 3.05) is 19.6 Å². The number of furan rings is 1. The van der Waals surface area contributed by atoms with Crippen molar-refractivity contribution in [3.8, 4) is 0 Å². The first-order chi connectivity index (χ1) is 9.70. The van der Waals surface area contributed by atoms with E-state index in [1.54, 1.807) is 6.26 Å². The lowest BCUT2D eigenvalue weighted by Crippen LogP contribution is -2.48. The summed E-state index contributed by atoms with van der Waals surface area (Å²) in [5.74, 6) is 1.58. The number of rotatable bonds is 6. The van der Waals surface area contributed by atoms with Gasteiger partial charge >= 0.3 is 0 Å². The first-order valence-corrected chi connectivity index (χ1v) is 7.45. The number of likely N-dealkylation sites (tertiary alicyclic amines) is 1. The van der Waals surface area contributed by atoms with Gasteiger partial charge in [-0.3, -0.25) is 9.69 Å². The summed E-state index contributed by atoms with van der Waals surface area (Å²) in [7, 11) is 0. The van der Waals surface area contributed by atoms with E-state index in [1.165, 1.54) is 0 Å². The second-order valence-corrected chi connectivity index (χ2v) is 5.53. The molecule has 5 nitrogen and oxygen atoms in total. The third-order valence-corrected chi connectivity index (χ3v) is 4.17. The van der Waals surface area contributed by atoms with Crippen molar-refractivity contribution in [3.05, 3.63) is 24.2 Å². The van der Waals surface area contributed by atoms with Crippen molar-refractivity contribution >= 4 is 5.91 Å². The maximum atomic E-state index is 12.1. The molecule has 3 N–H and O–H groups in total. The Kier molecular flexibility index (Phi) is 5.61. The van der Waals surface area contributed by atoms with Crippen LogP contribution in [0.5, 0.6) is 0 Å². The smallest absolute Gasteiger partial charge is 0.237 e. The lowest BCUT2D eigenvalue weighted by molar-refractivity contribution is -0.126. The molecule has 1 aromatic rings. The Hall–Kier alpha value is -1.33. The number of piperidine rings is 1. The third-order valence-electron chi connectivity index (χ3n) is 4.17. The molecule has 2 heterocycles. The normalized spacial score (nSPS) is 18.9. The maximum Gasteiger partial charge on any atom is 0.237 e. The highest BCUT2D eigenvalue weighted by atomic mass is 16.3. The lowest BCUT2D eigenvalue weighted by atomic mass is 9.93. The molecule has 0 aliphatic carbocycles. The number of nitrogens with zero attached hydrogens (tertiary/aromatic N) is 1. The number of carbonyl (C=O) groups is 1. The molecule has 0 aromatic carbocycles. The summed E-state index contributed by atoms with van der Waals surface area (Å²) in [5, 5.41) is 2.92. The van der Waals surface area contributed by atoms with Crippen LogP contribution < -0.4 is 11.1 Å². The quantitative estimate of drug-likeness (QED) is 0.824. The second-order valence-electron chi connectivity index (χ2n) is 5.53. The summed E-state index contributed by atoms with van der Waals surface area (Å²) >= 11 is 0. The molecule has 0 spiro atoms. The topological polar surface area (TPSA) is 71.5 Å². The Balaban J connectivity index is 1.73. The van der Waals surface area contributed by atoms with Gasteiger partial charge in [-0.25, -0.2) is 0 Å². The molecule has 2 rings (SSSR count). The molecule has 1 atom stereocenters. The molecule has 1 saturated heterocycles. The van der Waals surface area contributed by atoms with Crippen LogP contribution in [0.2, 0.25) is 0 Å². The largest absolute Gasteiger partial charge is 0.467 e. The molecule has 0 bridgehead atoms. The van der Waals surface area contributed by atoms with E-state index in [4.69, 9.17) is 10.2 Å². The fourth-order valence-electron chi connectivity index (χ4n) is 2.77. The van der Waals surface area contributed by atoms with Gasteiger partial charge in [0.15, 0.2) is 0 Å². The molecular weight excluding hydrogens is 254 g/mol. The first kappa shape index (κ1) is 15.1. The van der Waals surface area contributed by atoms with Crippen LogP contribution in [0.15, 0.2) is 22.8 Å². The average Bonchev–Trinajstić information content (AvgIpc) is 2.98. The zero-order chi connectivity index (χ0) is 14.4. The van der Waals surface area contributed by atoms with Crippen LogP contribution in [0, 0.1) is 5.92 Å². The fraction of sp³-hybridized carbons (Fsp3) is 0.667. The molecule has 1 aromatic heterocycles. The second kappa shape index (κ2) is 7.45. The van der Waals surface area contributed by atoms with E-state index < -0.39 is 0 Å². The van der Waals surface area contributed by atoms with Crippen LogP contribution in [-0.2, 0) is 11.3 Å². The van der Waals surface area contributed by atoms with Crippen LogP contribution in [0.3, 0.4) is 0 Å². The fourth-order valence-corrected chi connectivity index (χ4v) is 2.77. The van der Waals surface area contributed by atoms with Crippen LogP contribution in [0.25, 0.3) is 0 Å². The van der Waals surface area contributed by atoms with Gasteiger partial charge in [0, 0.05) is 0 Å². The summed E-state index contributed by atoms with van der Waals surface area (Å²) in [6.07, 6.45) is 5.01. The zero-order valence-corrected chi connectivity index (χ0v) is 12.2. The predicted octanol–water partition coefficient (Wildman–Crippen LogP) is 1.35. The standard InChI is InChI=1S/C15H25N3O2/c1-12(15(19)17-11-14-3-2-10-20-14)18-8-5-13(4-7-16)6-9-18/h2-3,10,12-13H,4-9,11,16H2,1H3,(H,17,19). The van der Waals surface area contributed by atoms with Gasteiger partial charge in [-0.15, -0.1) is 0 Å². The Bertz CT molecular complexity index is 397. The van der Waals surface area contributed by atoms with Crippen LogP contribution in [0.4, 0.5) is 0 Å². The number of hydrogen-bond acceptors (Lipinski definition) is 4. The van der Waals surface area contributed by atoms with Crippen molar-refractivity contribution in [1.29, 1.82) is 0 Å². The Labute approximate surface area is 120 Å². The number of carbonyl (C=O) groups excluding carboxylic acids is 1. The molecule has 1 aliphatic heterocycles. The minimum Gasteiger partial charge on any atom is -0.467 e. The summed E-state index contributed by atoms with van der Waals surface area (Å²) < 4.78 is 5.21. The first-order valence-electron chi connectivity index (χ1n) is 7.45. The molecule has 0 saturated carbocycles. The van der Waals surface area contributed by atoms with E-state index in [0.717, 1.165) is 50.6 Å². The average molecular weight is 279 g/mol. The predicted molar refractivity (Wildman–Crippen MR) is 78.0 cm³/mol. The minimum absolute atomic E-state index is 0.0682. The highest BCUT2D eigenvalue weighted by molar-refractivity contribution is 5.81. The van der Waals surface area contributed by atoms with E-state index in [1.807, 2.05) is 19.1 Å². The summed E-state index contributed by atoms with van der Waals surface area (Å²) in [6.45, 7) is 5.17. The minimum atomic E-state index is -0.0798. The Morgan fingerprint density at radius 3 is 2.90 bits per heavy atom. The van der Waals surface area contributed by atoms with Gasteiger partial charge in [0.1, 0.15) is 5.76 Å². The van der Waals surface area contributed by atoms with Gasteiger partial charge in [0.2, 0.25) is 5.91 Å². The van der Waals surface area contributed by atoms with Gasteiger partial charge in [-0.2, -0.15) is 0 Å². The van der Waals surface area contributed by atoms with Gasteiger partial charge in [-0.05, 0) is 63.9 Å². The summed E-state index contributed by atoms with van der Waals surface area (Å²) in [4.78, 5) is 14.4. The zero-order valence-electron chi connectivity index (χ0n) is 12.2. The highest BCUT2D eigenvalue weighted by Crippen LogP contribution is 2.21. The van der Waals surface area contributed by atoms with E-state index in [9.17, 15) is 4.79 Å². The molecule has 1 unspecified atom stereocenters. The van der Waals surface area contributed by atoms with E-state index in [0.29, 0.717) is 6.54 Å². The van der Waals surface area contributed by atoms with Crippen molar-refractivity contribution < 1.29 is 9.21 Å². The Morgan fingerprint density at radius 2 is 2.30 bits per heavy atom. The molecule has 20 heavy (non-hydrogen) atoms. The van der Waals surface area contributed by atoms with Gasteiger partial charge in [0.25, 0.3) is 0 Å². The SMILES string of the molecule is CC(C(=O)NCc1ccco1)N1CCC(CCN)CC1. The number of amides is 1. The molecule has 0 radical (unpaired) electrons. The summed E-state index contributed by atoms with van der Waals surface area (Å²) in [5.41, 5.74) is 5.60.